The summed E-state index contributed by atoms with van der Waals surface area (Å²) in [6.45, 7) is 24.2. The molecule has 6 aliphatic rings. The maximum atomic E-state index is 2.69. The van der Waals surface area contributed by atoms with E-state index in [0.29, 0.717) is 0 Å². The van der Waals surface area contributed by atoms with Crippen molar-refractivity contribution in [3.63, 3.8) is 0 Å². The molecule has 14 rings (SSSR count). The maximum Gasteiger partial charge on any atom is 0.0540 e. The fraction of sp³-hybridized carbons (Fsp3) is 0.246. The van der Waals surface area contributed by atoms with Crippen LogP contribution in [0.15, 0.2) is 181 Å². The summed E-state index contributed by atoms with van der Waals surface area (Å²) in [5.41, 5.74) is 31.5. The lowest BCUT2D eigenvalue weighted by Crippen LogP contribution is -2.41. The number of benzene rings is 8. The number of allylic oxidation sites excluding steroid dienone is 4. The second kappa shape index (κ2) is 14.0. The number of nitrogens with zero attached hydrogens (tertiary/aromatic N) is 2. The van der Waals surface area contributed by atoms with Crippen LogP contribution in [0.2, 0.25) is 0 Å². The Morgan fingerprint density at radius 1 is 0.366 bits per heavy atom. The van der Waals surface area contributed by atoms with Gasteiger partial charge in [-0.1, -0.05) is 178 Å². The van der Waals surface area contributed by atoms with Gasteiger partial charge in [0.1, 0.15) is 0 Å². The summed E-state index contributed by atoms with van der Waals surface area (Å²) in [5.74, 6) is 0. The summed E-state index contributed by atoms with van der Waals surface area (Å²) in [4.78, 5) is 5.25. The van der Waals surface area contributed by atoms with Crippen molar-refractivity contribution >= 4 is 28.4 Å². The lowest BCUT2D eigenvalue weighted by atomic mass is 9.64. The van der Waals surface area contributed by atoms with E-state index in [-0.39, 0.29) is 27.1 Å². The van der Waals surface area contributed by atoms with Gasteiger partial charge in [-0.2, -0.15) is 0 Å². The van der Waals surface area contributed by atoms with Gasteiger partial charge in [-0.05, 0) is 174 Å². The summed E-state index contributed by atoms with van der Waals surface area (Å²) in [5, 5.41) is 0. The van der Waals surface area contributed by atoms with Crippen LogP contribution >= 0.6 is 0 Å². The van der Waals surface area contributed by atoms with E-state index in [9.17, 15) is 0 Å². The van der Waals surface area contributed by atoms with Crippen LogP contribution in [0.1, 0.15) is 132 Å². The summed E-state index contributed by atoms with van der Waals surface area (Å²) in [6, 6.07) is 61.4. The molecule has 0 fully saturated rings. The summed E-state index contributed by atoms with van der Waals surface area (Å²) in [7, 11) is 0. The molecule has 0 N–H and O–H groups in total. The van der Waals surface area contributed by atoms with Gasteiger partial charge in [0, 0.05) is 49.8 Å². The zero-order valence-corrected chi connectivity index (χ0v) is 43.0. The Balaban J connectivity index is 0.981. The highest BCUT2D eigenvalue weighted by Gasteiger charge is 2.47. The SMILES string of the molecule is CC1(C)C2=C(CCC=C2)N2c3ccc(N(c4ccc5c(c4)-c4ccccc4C5(C)C)c4ccc5c(c4)C(C)(C)c4ccccc4-5)cc3C(C)(C)c3cc(-c4ccc5c(c4)C(C)(C)c4ccccc4-5)cc1c32. The molecule has 0 unspecified atom stereocenters. The largest absolute Gasteiger partial charge is 0.313 e. The molecular weight excluding hydrogens is 857 g/mol. The Bertz CT molecular complexity index is 3750. The van der Waals surface area contributed by atoms with E-state index in [1.165, 1.54) is 134 Å². The van der Waals surface area contributed by atoms with Gasteiger partial charge in [-0.15, -0.1) is 0 Å². The van der Waals surface area contributed by atoms with Gasteiger partial charge in [0.15, 0.2) is 0 Å². The van der Waals surface area contributed by atoms with Gasteiger partial charge in [0.25, 0.3) is 0 Å². The van der Waals surface area contributed by atoms with E-state index in [0.717, 1.165) is 12.8 Å². The number of fused-ring (bicyclic) bond motifs is 12. The lowest BCUT2D eigenvalue weighted by molar-refractivity contribution is 0.576. The minimum Gasteiger partial charge on any atom is -0.313 e. The Labute approximate surface area is 421 Å². The van der Waals surface area contributed by atoms with E-state index < -0.39 is 0 Å². The van der Waals surface area contributed by atoms with Crippen molar-refractivity contribution in [3.8, 4) is 44.5 Å². The van der Waals surface area contributed by atoms with Crippen LogP contribution < -0.4 is 9.80 Å². The molecule has 4 aliphatic carbocycles. The Morgan fingerprint density at radius 3 is 1.46 bits per heavy atom. The van der Waals surface area contributed by atoms with Crippen LogP contribution in [0, 0.1) is 0 Å². The molecular formula is C69H62N2. The van der Waals surface area contributed by atoms with Crippen LogP contribution in [-0.4, -0.2) is 0 Å². The van der Waals surface area contributed by atoms with Crippen LogP contribution in [0.4, 0.5) is 28.4 Å². The predicted octanol–water partition coefficient (Wildman–Crippen LogP) is 18.4. The molecule has 2 nitrogen and oxygen atoms in total. The van der Waals surface area contributed by atoms with Crippen molar-refractivity contribution in [2.45, 2.75) is 109 Å². The third kappa shape index (κ3) is 5.54. The van der Waals surface area contributed by atoms with Gasteiger partial charge >= 0.3 is 0 Å². The molecule has 8 aromatic carbocycles. The summed E-state index contributed by atoms with van der Waals surface area (Å²) in [6.07, 6.45) is 6.91. The second-order valence-corrected chi connectivity index (χ2v) is 24.1. The number of anilines is 5. The van der Waals surface area contributed by atoms with Gasteiger partial charge in [0.2, 0.25) is 0 Å². The molecule has 2 heterocycles. The third-order valence-electron chi connectivity index (χ3n) is 18.5. The molecule has 348 valence electrons. The number of hydrogen-bond acceptors (Lipinski definition) is 2. The van der Waals surface area contributed by atoms with E-state index in [1.807, 2.05) is 0 Å². The molecule has 0 amide bonds. The van der Waals surface area contributed by atoms with Crippen LogP contribution in [0.5, 0.6) is 0 Å². The minimum atomic E-state index is -0.332. The average molecular weight is 919 g/mol. The van der Waals surface area contributed by atoms with Crippen molar-refractivity contribution in [3.05, 3.63) is 231 Å². The standard InChI is InChI=1S/C69H62N2/c1-65(2)54-24-16-13-21-48(54)51-38-43(29-33-55(51)65)70(44-28-32-50-47-20-12-15-23-53(47)67(5,6)58(50)39-44)45-30-34-63-59(40-45)69(9,10)61-37-42(36-60-64(61)71(63)62-26-18-17-25-56(62)68(60,7)8)41-27-31-49-46-19-11-14-22-52(46)66(3,4)57(49)35-41/h11-17,19-25,27-40H,18,26H2,1-10H3. The number of hydrogen-bond donors (Lipinski definition) is 0. The van der Waals surface area contributed by atoms with Crippen LogP contribution in [0.25, 0.3) is 44.5 Å². The Hall–Kier alpha value is -7.16. The lowest BCUT2D eigenvalue weighted by Gasteiger charge is -2.51. The smallest absolute Gasteiger partial charge is 0.0540 e. The molecule has 2 heteroatoms. The molecule has 0 saturated heterocycles. The van der Waals surface area contributed by atoms with E-state index in [2.05, 4.69) is 249 Å². The zero-order valence-electron chi connectivity index (χ0n) is 43.0. The zero-order chi connectivity index (χ0) is 48.7. The molecule has 8 aromatic rings. The first kappa shape index (κ1) is 42.7. The molecule has 71 heavy (non-hydrogen) atoms. The van der Waals surface area contributed by atoms with E-state index in [4.69, 9.17) is 0 Å². The maximum absolute atomic E-state index is 2.69. The molecule has 2 aliphatic heterocycles. The summed E-state index contributed by atoms with van der Waals surface area (Å²) >= 11 is 0. The third-order valence-corrected chi connectivity index (χ3v) is 18.5. The molecule has 0 radical (unpaired) electrons. The molecule has 0 aromatic heterocycles. The molecule has 0 atom stereocenters. The first-order valence-electron chi connectivity index (χ1n) is 26.1. The Morgan fingerprint density at radius 2 is 0.817 bits per heavy atom. The van der Waals surface area contributed by atoms with Gasteiger partial charge in [-0.3, -0.25) is 0 Å². The van der Waals surface area contributed by atoms with Crippen molar-refractivity contribution in [2.24, 2.45) is 0 Å². The molecule has 0 bridgehead atoms. The fourth-order valence-corrected chi connectivity index (χ4v) is 14.5. The van der Waals surface area contributed by atoms with E-state index in [1.54, 1.807) is 0 Å². The highest BCUT2D eigenvalue weighted by molar-refractivity contribution is 5.94. The van der Waals surface area contributed by atoms with Gasteiger partial charge in [0.05, 0.1) is 11.4 Å². The fourth-order valence-electron chi connectivity index (χ4n) is 14.5. The van der Waals surface area contributed by atoms with E-state index >= 15 is 0 Å². The minimum absolute atomic E-state index is 0.0779. The first-order valence-corrected chi connectivity index (χ1v) is 26.1. The van der Waals surface area contributed by atoms with Gasteiger partial charge < -0.3 is 9.80 Å². The monoisotopic (exact) mass is 918 g/mol. The van der Waals surface area contributed by atoms with Gasteiger partial charge in [-0.25, -0.2) is 0 Å². The van der Waals surface area contributed by atoms with Crippen molar-refractivity contribution < 1.29 is 0 Å². The average Bonchev–Trinajstić information content (AvgIpc) is 3.85. The van der Waals surface area contributed by atoms with Crippen LogP contribution in [-0.2, 0) is 27.1 Å². The first-order chi connectivity index (χ1) is 34.0. The second-order valence-electron chi connectivity index (χ2n) is 24.1. The van der Waals surface area contributed by atoms with Crippen molar-refractivity contribution in [1.82, 2.24) is 0 Å². The van der Waals surface area contributed by atoms with Crippen molar-refractivity contribution in [1.29, 1.82) is 0 Å². The predicted molar refractivity (Wildman–Crippen MR) is 298 cm³/mol. The van der Waals surface area contributed by atoms with Crippen molar-refractivity contribution in [2.75, 3.05) is 9.80 Å². The van der Waals surface area contributed by atoms with Crippen LogP contribution in [0.3, 0.4) is 0 Å². The Kier molecular flexibility index (Phi) is 8.44. The highest BCUT2D eigenvalue weighted by atomic mass is 15.2. The summed E-state index contributed by atoms with van der Waals surface area (Å²) < 4.78 is 0. The molecule has 0 spiro atoms. The number of rotatable bonds is 4. The quantitative estimate of drug-likeness (QED) is 0.174. The molecule has 0 saturated carbocycles. The highest BCUT2D eigenvalue weighted by Crippen LogP contribution is 2.62. The topological polar surface area (TPSA) is 6.48 Å². The normalized spacial score (nSPS) is 18.6.